The summed E-state index contributed by atoms with van der Waals surface area (Å²) in [5.41, 5.74) is 4.56. The van der Waals surface area contributed by atoms with Crippen LogP contribution in [0.4, 0.5) is 0 Å². The molecule has 0 fully saturated rings. The van der Waals surface area contributed by atoms with E-state index in [1.165, 1.54) is 26.2 Å². The summed E-state index contributed by atoms with van der Waals surface area (Å²) in [5, 5.41) is 1.39. The Morgan fingerprint density at radius 2 is 2.22 bits per heavy atom. The Balaban J connectivity index is 1.79. The quantitative estimate of drug-likeness (QED) is 0.624. The van der Waals surface area contributed by atoms with E-state index in [2.05, 4.69) is 60.2 Å². The Kier molecular flexibility index (Phi) is 5.41. The smallest absolute Gasteiger partial charge is 0.0794 e. The third-order valence-corrected chi connectivity index (χ3v) is 6.29. The Morgan fingerprint density at radius 1 is 1.35 bits per heavy atom. The van der Waals surface area contributed by atoms with Crippen molar-refractivity contribution in [2.75, 3.05) is 13.6 Å². The maximum Gasteiger partial charge on any atom is 0.0794 e. The molecule has 1 aromatic carbocycles. The maximum atomic E-state index is 4.16. The summed E-state index contributed by atoms with van der Waals surface area (Å²) >= 11 is 3.63. The van der Waals surface area contributed by atoms with Gasteiger partial charge >= 0.3 is 0 Å². The lowest BCUT2D eigenvalue weighted by Gasteiger charge is -2.20. The number of rotatable bonds is 7. The molecule has 122 valence electrons. The average molecular weight is 346 g/mol. The highest BCUT2D eigenvalue weighted by atomic mass is 32.2. The second-order valence-corrected chi connectivity index (χ2v) is 8.06. The van der Waals surface area contributed by atoms with Crippen LogP contribution in [-0.2, 0) is 12.2 Å². The molecule has 2 aromatic heterocycles. The van der Waals surface area contributed by atoms with Crippen LogP contribution in [0, 0.1) is 0 Å². The van der Waals surface area contributed by atoms with Crippen LogP contribution in [0.2, 0.25) is 0 Å². The minimum atomic E-state index is 0.584. The standard InChI is InChI=1S/C18H23N3S2/c1-13(2)21(3)8-7-14-9-20-16-5-4-6-17(18(14)16)22-11-15-10-19-12-23-15/h4-6,9-10,12-13,20H,7-8,11H2,1-3H3. The van der Waals surface area contributed by atoms with Gasteiger partial charge in [0.15, 0.2) is 0 Å². The van der Waals surface area contributed by atoms with E-state index in [0.29, 0.717) is 6.04 Å². The molecule has 0 spiro atoms. The minimum Gasteiger partial charge on any atom is -0.361 e. The van der Waals surface area contributed by atoms with E-state index in [1.807, 2.05) is 23.5 Å². The number of thiazole rings is 1. The van der Waals surface area contributed by atoms with Gasteiger partial charge < -0.3 is 9.88 Å². The molecule has 0 saturated carbocycles. The van der Waals surface area contributed by atoms with E-state index < -0.39 is 0 Å². The molecule has 0 bridgehead atoms. The fourth-order valence-corrected chi connectivity index (χ4v) is 4.31. The summed E-state index contributed by atoms with van der Waals surface area (Å²) in [6.07, 6.45) is 5.22. The largest absolute Gasteiger partial charge is 0.361 e. The van der Waals surface area contributed by atoms with Gasteiger partial charge in [-0.2, -0.15) is 0 Å². The molecule has 2 heterocycles. The molecule has 3 aromatic rings. The minimum absolute atomic E-state index is 0.584. The van der Waals surface area contributed by atoms with Gasteiger partial charge in [-0.25, -0.2) is 0 Å². The molecule has 3 rings (SSSR count). The molecule has 3 nitrogen and oxygen atoms in total. The van der Waals surface area contributed by atoms with Crippen molar-refractivity contribution in [2.45, 2.75) is 37.0 Å². The van der Waals surface area contributed by atoms with Crippen molar-refractivity contribution in [3.05, 3.63) is 46.5 Å². The summed E-state index contributed by atoms with van der Waals surface area (Å²) in [6, 6.07) is 7.12. The Labute approximate surface area is 146 Å². The fourth-order valence-electron chi connectivity index (χ4n) is 2.55. The van der Waals surface area contributed by atoms with Crippen LogP contribution in [0.15, 0.2) is 41.0 Å². The van der Waals surface area contributed by atoms with Crippen LogP contribution in [0.3, 0.4) is 0 Å². The summed E-state index contributed by atoms with van der Waals surface area (Å²) in [5.74, 6) is 0.986. The Bertz CT molecular complexity index is 747. The van der Waals surface area contributed by atoms with Gasteiger partial charge in [0.05, 0.1) is 5.51 Å². The van der Waals surface area contributed by atoms with Gasteiger partial charge in [-0.3, -0.25) is 4.98 Å². The van der Waals surface area contributed by atoms with E-state index >= 15 is 0 Å². The SMILES string of the molecule is CC(C)N(C)CCc1c[nH]c2cccc(SCc3cncs3)c12. The topological polar surface area (TPSA) is 31.9 Å². The first-order chi connectivity index (χ1) is 11.1. The van der Waals surface area contributed by atoms with Crippen molar-refractivity contribution < 1.29 is 0 Å². The van der Waals surface area contributed by atoms with E-state index in [0.717, 1.165) is 18.7 Å². The van der Waals surface area contributed by atoms with Crippen LogP contribution in [0.25, 0.3) is 10.9 Å². The summed E-state index contributed by atoms with van der Waals surface area (Å²) in [4.78, 5) is 12.7. The van der Waals surface area contributed by atoms with Gasteiger partial charge in [0.2, 0.25) is 0 Å². The van der Waals surface area contributed by atoms with Gasteiger partial charge in [-0.15, -0.1) is 23.1 Å². The van der Waals surface area contributed by atoms with Crippen molar-refractivity contribution >= 4 is 34.0 Å². The molecule has 0 saturated heterocycles. The lowest BCUT2D eigenvalue weighted by molar-refractivity contribution is 0.278. The lowest BCUT2D eigenvalue weighted by atomic mass is 10.1. The number of nitrogens with one attached hydrogen (secondary N) is 1. The van der Waals surface area contributed by atoms with Crippen molar-refractivity contribution in [1.82, 2.24) is 14.9 Å². The fraction of sp³-hybridized carbons (Fsp3) is 0.389. The molecule has 5 heteroatoms. The van der Waals surface area contributed by atoms with E-state index in [9.17, 15) is 0 Å². The van der Waals surface area contributed by atoms with E-state index in [1.54, 1.807) is 11.3 Å². The zero-order valence-corrected chi connectivity index (χ0v) is 15.5. The van der Waals surface area contributed by atoms with E-state index in [4.69, 9.17) is 0 Å². The molecule has 1 N–H and O–H groups in total. The van der Waals surface area contributed by atoms with Gasteiger partial charge in [-0.05, 0) is 45.0 Å². The highest BCUT2D eigenvalue weighted by Gasteiger charge is 2.11. The van der Waals surface area contributed by atoms with Crippen molar-refractivity contribution in [2.24, 2.45) is 0 Å². The third-order valence-electron chi connectivity index (χ3n) is 4.22. The summed E-state index contributed by atoms with van der Waals surface area (Å²) < 4.78 is 0. The second kappa shape index (κ2) is 7.51. The average Bonchev–Trinajstić information content (AvgIpc) is 3.20. The van der Waals surface area contributed by atoms with Crippen LogP contribution in [0.5, 0.6) is 0 Å². The third kappa shape index (κ3) is 3.97. The zero-order valence-electron chi connectivity index (χ0n) is 13.9. The number of hydrogen-bond donors (Lipinski definition) is 1. The van der Waals surface area contributed by atoms with Gasteiger partial charge in [0, 0.05) is 51.4 Å². The predicted octanol–water partition coefficient (Wildman–Crippen LogP) is 4.80. The van der Waals surface area contributed by atoms with Crippen LogP contribution >= 0.6 is 23.1 Å². The monoisotopic (exact) mass is 345 g/mol. The molecule has 0 unspecified atom stereocenters. The highest BCUT2D eigenvalue weighted by molar-refractivity contribution is 7.98. The van der Waals surface area contributed by atoms with E-state index in [-0.39, 0.29) is 0 Å². The number of hydrogen-bond acceptors (Lipinski definition) is 4. The molecule has 0 atom stereocenters. The number of aromatic amines is 1. The molecule has 0 aliphatic carbocycles. The highest BCUT2D eigenvalue weighted by Crippen LogP contribution is 2.33. The molecule has 0 radical (unpaired) electrons. The number of thioether (sulfide) groups is 1. The maximum absolute atomic E-state index is 4.16. The van der Waals surface area contributed by atoms with Gasteiger partial charge in [-0.1, -0.05) is 6.07 Å². The number of fused-ring (bicyclic) bond motifs is 1. The van der Waals surface area contributed by atoms with Crippen LogP contribution < -0.4 is 0 Å². The number of likely N-dealkylation sites (N-methyl/N-ethyl adjacent to an activating group) is 1. The second-order valence-electron chi connectivity index (χ2n) is 6.07. The molecular weight excluding hydrogens is 322 g/mol. The Hall–Kier alpha value is -1.30. The van der Waals surface area contributed by atoms with Gasteiger partial charge in [0.1, 0.15) is 0 Å². The Morgan fingerprint density at radius 3 is 2.96 bits per heavy atom. The first-order valence-electron chi connectivity index (χ1n) is 7.94. The van der Waals surface area contributed by atoms with Crippen LogP contribution in [-0.4, -0.2) is 34.5 Å². The van der Waals surface area contributed by atoms with Crippen LogP contribution in [0.1, 0.15) is 24.3 Å². The number of aromatic nitrogens is 2. The molecular formula is C18H23N3S2. The molecule has 0 aliphatic rings. The number of nitrogens with zero attached hydrogens (tertiary/aromatic N) is 2. The predicted molar refractivity (Wildman–Crippen MR) is 101 cm³/mol. The normalized spacial score (nSPS) is 11.9. The number of H-pyrrole nitrogens is 1. The first-order valence-corrected chi connectivity index (χ1v) is 9.81. The van der Waals surface area contributed by atoms with Crippen molar-refractivity contribution in [1.29, 1.82) is 0 Å². The van der Waals surface area contributed by atoms with Crippen molar-refractivity contribution in [3.63, 3.8) is 0 Å². The number of benzene rings is 1. The lowest BCUT2D eigenvalue weighted by Crippen LogP contribution is -2.28. The molecule has 0 aliphatic heterocycles. The first kappa shape index (κ1) is 16.6. The summed E-state index contributed by atoms with van der Waals surface area (Å²) in [6.45, 7) is 5.57. The summed E-state index contributed by atoms with van der Waals surface area (Å²) in [7, 11) is 2.19. The molecule has 0 amide bonds. The zero-order chi connectivity index (χ0) is 16.2. The van der Waals surface area contributed by atoms with Crippen molar-refractivity contribution in [3.8, 4) is 0 Å². The van der Waals surface area contributed by atoms with Gasteiger partial charge in [0.25, 0.3) is 0 Å². The molecule has 23 heavy (non-hydrogen) atoms.